The minimum absolute atomic E-state index is 0.0697. The third kappa shape index (κ3) is 39.2. The number of carbonyl (C=O) groups is 2. The Kier molecular flexibility index (Phi) is 37.2. The molecule has 0 saturated heterocycles. The van der Waals surface area contributed by atoms with E-state index in [2.05, 4.69) is 67.8 Å². The minimum atomic E-state index is -4.42. The van der Waals surface area contributed by atoms with Crippen LogP contribution in [0.25, 0.3) is 0 Å². The van der Waals surface area contributed by atoms with Crippen molar-refractivity contribution in [1.82, 2.24) is 5.32 Å². The molecule has 0 fully saturated rings. The zero-order chi connectivity index (χ0) is 38.2. The molecule has 10 heteroatoms. The third-order valence-electron chi connectivity index (χ3n) is 8.49. The second-order valence-electron chi connectivity index (χ2n) is 13.6. The molecular weight excluding hydrogens is 677 g/mol. The molecule has 0 radical (unpaired) electrons. The number of amides is 1. The molecule has 0 bridgehead atoms. The standard InChI is InChI=1S/C42H76NO8P/c1-3-5-7-9-11-13-15-17-19-21-23-25-27-29-31-33-35-42(46)49-38-40(44)39-51-52(47,48)50-37-36-43-41(45)34-32-30-28-26-24-22-20-18-16-14-12-10-8-6-4-2/h6,8,12,14,18-21,40,44H,3-5,7,9-11,13,15-17,22-39H2,1-2H3,(H,43,45)(H,47,48)/b8-6-,14-12-,20-18-,21-19-. The number of unbranched alkanes of at least 4 members (excludes halogenated alkanes) is 17. The number of aliphatic hydroxyl groups excluding tert-OH is 1. The first-order valence-corrected chi connectivity index (χ1v) is 22.1. The molecule has 52 heavy (non-hydrogen) atoms. The Balaban J connectivity index is 3.65. The molecule has 0 aromatic carbocycles. The first-order chi connectivity index (χ1) is 25.3. The summed E-state index contributed by atoms with van der Waals surface area (Å²) in [5, 5.41) is 12.7. The summed E-state index contributed by atoms with van der Waals surface area (Å²) in [7, 11) is -4.42. The van der Waals surface area contributed by atoms with Crippen LogP contribution in [0.1, 0.15) is 174 Å². The normalized spacial score (nSPS) is 13.8. The van der Waals surface area contributed by atoms with Crippen LogP contribution in [0.2, 0.25) is 0 Å². The third-order valence-corrected chi connectivity index (χ3v) is 9.48. The Hall–Kier alpha value is -2.03. The van der Waals surface area contributed by atoms with Gasteiger partial charge in [0, 0.05) is 19.4 Å². The van der Waals surface area contributed by atoms with Crippen LogP contribution in [-0.2, 0) is 27.9 Å². The summed E-state index contributed by atoms with van der Waals surface area (Å²) in [6.45, 7) is 3.40. The lowest BCUT2D eigenvalue weighted by molar-refractivity contribution is -0.147. The number of hydrogen-bond donors (Lipinski definition) is 3. The summed E-state index contributed by atoms with van der Waals surface area (Å²) < 4.78 is 26.8. The summed E-state index contributed by atoms with van der Waals surface area (Å²) in [5.74, 6) is -0.544. The van der Waals surface area contributed by atoms with Crippen molar-refractivity contribution in [3.8, 4) is 0 Å². The van der Waals surface area contributed by atoms with E-state index in [4.69, 9.17) is 13.8 Å². The van der Waals surface area contributed by atoms with Crippen molar-refractivity contribution in [2.75, 3.05) is 26.4 Å². The largest absolute Gasteiger partial charge is 0.472 e. The molecule has 0 aromatic rings. The highest BCUT2D eigenvalue weighted by Crippen LogP contribution is 2.42. The minimum Gasteiger partial charge on any atom is -0.463 e. The lowest BCUT2D eigenvalue weighted by Gasteiger charge is -2.15. The molecule has 0 spiro atoms. The molecular formula is C42H76NO8P. The highest BCUT2D eigenvalue weighted by atomic mass is 31.2. The number of esters is 1. The van der Waals surface area contributed by atoms with Gasteiger partial charge in [0.1, 0.15) is 12.7 Å². The van der Waals surface area contributed by atoms with E-state index < -0.39 is 26.5 Å². The number of allylic oxidation sites excluding steroid dienone is 8. The van der Waals surface area contributed by atoms with Crippen LogP contribution in [-0.4, -0.2) is 54.3 Å². The maximum Gasteiger partial charge on any atom is 0.472 e. The van der Waals surface area contributed by atoms with Crippen molar-refractivity contribution in [3.05, 3.63) is 48.6 Å². The van der Waals surface area contributed by atoms with Gasteiger partial charge in [0.05, 0.1) is 13.2 Å². The van der Waals surface area contributed by atoms with E-state index >= 15 is 0 Å². The molecule has 302 valence electrons. The Labute approximate surface area is 317 Å². The van der Waals surface area contributed by atoms with Gasteiger partial charge in [0.15, 0.2) is 0 Å². The summed E-state index contributed by atoms with van der Waals surface area (Å²) >= 11 is 0. The highest BCUT2D eigenvalue weighted by Gasteiger charge is 2.23. The van der Waals surface area contributed by atoms with Crippen molar-refractivity contribution in [3.63, 3.8) is 0 Å². The molecule has 0 aliphatic rings. The molecule has 2 unspecified atom stereocenters. The number of rotatable bonds is 38. The maximum atomic E-state index is 12.1. The molecule has 0 rings (SSSR count). The van der Waals surface area contributed by atoms with E-state index in [1.54, 1.807) is 0 Å². The number of ether oxygens (including phenoxy) is 1. The first-order valence-electron chi connectivity index (χ1n) is 20.6. The summed E-state index contributed by atoms with van der Waals surface area (Å²) in [6.07, 6.45) is 43.2. The summed E-state index contributed by atoms with van der Waals surface area (Å²) in [5.41, 5.74) is 0. The van der Waals surface area contributed by atoms with E-state index in [1.807, 2.05) is 0 Å². The lowest BCUT2D eigenvalue weighted by Crippen LogP contribution is -2.27. The topological polar surface area (TPSA) is 131 Å². The van der Waals surface area contributed by atoms with Crippen molar-refractivity contribution in [2.24, 2.45) is 0 Å². The molecule has 0 aromatic heterocycles. The van der Waals surface area contributed by atoms with E-state index in [0.717, 1.165) is 96.3 Å². The van der Waals surface area contributed by atoms with Crippen LogP contribution in [0.5, 0.6) is 0 Å². The van der Waals surface area contributed by atoms with Crippen molar-refractivity contribution < 1.29 is 37.9 Å². The second-order valence-corrected chi connectivity index (χ2v) is 15.0. The van der Waals surface area contributed by atoms with E-state index in [9.17, 15) is 24.2 Å². The predicted octanol–water partition coefficient (Wildman–Crippen LogP) is 11.2. The average Bonchev–Trinajstić information content (AvgIpc) is 3.13. The molecule has 0 saturated carbocycles. The zero-order valence-corrected chi connectivity index (χ0v) is 33.9. The van der Waals surface area contributed by atoms with Gasteiger partial charge in [-0.05, 0) is 70.6 Å². The van der Waals surface area contributed by atoms with E-state index in [0.29, 0.717) is 6.42 Å². The van der Waals surface area contributed by atoms with Gasteiger partial charge in [0.2, 0.25) is 5.91 Å². The van der Waals surface area contributed by atoms with Crippen molar-refractivity contribution >= 4 is 19.7 Å². The number of hydrogen-bond acceptors (Lipinski definition) is 7. The highest BCUT2D eigenvalue weighted by molar-refractivity contribution is 7.47. The number of nitrogens with one attached hydrogen (secondary N) is 1. The van der Waals surface area contributed by atoms with Crippen LogP contribution in [0, 0.1) is 0 Å². The molecule has 1 amide bonds. The quantitative estimate of drug-likeness (QED) is 0.0246. The molecule has 9 nitrogen and oxygen atoms in total. The number of carbonyl (C=O) groups excluding carboxylic acids is 2. The first kappa shape index (κ1) is 50.0. The van der Waals surface area contributed by atoms with Crippen molar-refractivity contribution in [2.45, 2.75) is 180 Å². The Morgan fingerprint density at radius 3 is 1.67 bits per heavy atom. The van der Waals surface area contributed by atoms with Gasteiger partial charge in [-0.25, -0.2) is 4.57 Å². The van der Waals surface area contributed by atoms with E-state index in [1.165, 1.54) is 51.4 Å². The smallest absolute Gasteiger partial charge is 0.463 e. The van der Waals surface area contributed by atoms with E-state index in [-0.39, 0.29) is 32.1 Å². The van der Waals surface area contributed by atoms with Gasteiger partial charge in [-0.3, -0.25) is 18.6 Å². The SMILES string of the molecule is CC/C=C\C/C=C\C/C=C\CCCCCCCC(=O)NCCOP(=O)(O)OCC(O)COC(=O)CCCCCCC/C=C\CCCCCCCCC. The van der Waals surface area contributed by atoms with Gasteiger partial charge < -0.3 is 20.1 Å². The predicted molar refractivity (Wildman–Crippen MR) is 215 cm³/mol. The monoisotopic (exact) mass is 754 g/mol. The Bertz CT molecular complexity index is 996. The van der Waals surface area contributed by atoms with Crippen molar-refractivity contribution in [1.29, 1.82) is 0 Å². The molecule has 0 heterocycles. The number of phosphoric ester groups is 1. The van der Waals surface area contributed by atoms with Gasteiger partial charge in [-0.2, -0.15) is 0 Å². The lowest BCUT2D eigenvalue weighted by atomic mass is 10.1. The van der Waals surface area contributed by atoms with Gasteiger partial charge in [-0.1, -0.05) is 140 Å². The van der Waals surface area contributed by atoms with Gasteiger partial charge >= 0.3 is 13.8 Å². The van der Waals surface area contributed by atoms with Crippen LogP contribution >= 0.6 is 7.82 Å². The summed E-state index contributed by atoms with van der Waals surface area (Å²) in [6, 6.07) is 0. The van der Waals surface area contributed by atoms with Gasteiger partial charge in [-0.15, -0.1) is 0 Å². The van der Waals surface area contributed by atoms with Crippen LogP contribution < -0.4 is 5.32 Å². The molecule has 2 atom stereocenters. The maximum absolute atomic E-state index is 12.1. The summed E-state index contributed by atoms with van der Waals surface area (Å²) in [4.78, 5) is 33.8. The van der Waals surface area contributed by atoms with Crippen LogP contribution in [0.3, 0.4) is 0 Å². The fraction of sp³-hybridized carbons (Fsp3) is 0.762. The fourth-order valence-corrected chi connectivity index (χ4v) is 6.15. The number of aliphatic hydroxyl groups is 1. The van der Waals surface area contributed by atoms with Gasteiger partial charge in [0.25, 0.3) is 0 Å². The average molecular weight is 754 g/mol. The zero-order valence-electron chi connectivity index (χ0n) is 33.0. The van der Waals surface area contributed by atoms with Crippen LogP contribution in [0.4, 0.5) is 0 Å². The van der Waals surface area contributed by atoms with Crippen LogP contribution in [0.15, 0.2) is 48.6 Å². The molecule has 0 aliphatic heterocycles. The molecule has 0 aliphatic carbocycles. The number of phosphoric acid groups is 1. The second kappa shape index (κ2) is 38.7. The molecule has 3 N–H and O–H groups in total. The Morgan fingerprint density at radius 2 is 1.10 bits per heavy atom. The Morgan fingerprint density at radius 1 is 0.615 bits per heavy atom. The fourth-order valence-electron chi connectivity index (χ4n) is 5.39.